The van der Waals surface area contributed by atoms with Crippen LogP contribution < -0.4 is 0 Å². The summed E-state index contributed by atoms with van der Waals surface area (Å²) >= 11 is 9.02. The molecular weight excluding hydrogens is 389 g/mol. The van der Waals surface area contributed by atoms with Crippen molar-refractivity contribution in [3.8, 4) is 0 Å². The van der Waals surface area contributed by atoms with Crippen LogP contribution in [0, 0.1) is 5.92 Å². The molecule has 8 heteroatoms. The van der Waals surface area contributed by atoms with Gasteiger partial charge in [0.2, 0.25) is 0 Å². The zero-order valence-corrected chi connectivity index (χ0v) is 14.5. The summed E-state index contributed by atoms with van der Waals surface area (Å²) in [6.45, 7) is 0.662. The minimum Gasteiger partial charge on any atom is -0.341 e. The molecule has 1 aromatic carbocycles. The number of hydrogen-bond donors (Lipinski definition) is 0. The summed E-state index contributed by atoms with van der Waals surface area (Å²) in [5, 5.41) is 0.134. The maximum atomic E-state index is 12.3. The first-order valence-electron chi connectivity index (χ1n) is 5.89. The van der Waals surface area contributed by atoms with E-state index in [0.29, 0.717) is 12.5 Å². The molecule has 0 aromatic heterocycles. The van der Waals surface area contributed by atoms with E-state index in [1.807, 2.05) is 0 Å². The van der Waals surface area contributed by atoms with Crippen molar-refractivity contribution < 1.29 is 13.2 Å². The van der Waals surface area contributed by atoms with Gasteiger partial charge in [-0.2, -0.15) is 0 Å². The zero-order chi connectivity index (χ0) is 15.1. The molecule has 1 fully saturated rings. The summed E-state index contributed by atoms with van der Waals surface area (Å²) in [7, 11) is 3.05. The Morgan fingerprint density at radius 2 is 2.05 bits per heavy atom. The van der Waals surface area contributed by atoms with E-state index >= 15 is 0 Å². The molecule has 0 saturated heterocycles. The Kier molecular flexibility index (Phi) is 4.69. The van der Waals surface area contributed by atoms with Crippen LogP contribution in [0.25, 0.3) is 0 Å². The fraction of sp³-hybridized carbons (Fsp3) is 0.417. The van der Waals surface area contributed by atoms with Crippen molar-refractivity contribution in [1.29, 1.82) is 0 Å². The Balaban J connectivity index is 2.36. The zero-order valence-electron chi connectivity index (χ0n) is 10.6. The van der Waals surface area contributed by atoms with E-state index in [1.54, 1.807) is 11.9 Å². The summed E-state index contributed by atoms with van der Waals surface area (Å²) in [6, 6.07) is 2.67. The molecule has 0 bridgehead atoms. The molecule has 0 atom stereocenters. The van der Waals surface area contributed by atoms with Crippen LogP contribution in [0.2, 0.25) is 5.02 Å². The van der Waals surface area contributed by atoms with Crippen molar-refractivity contribution in [3.63, 3.8) is 0 Å². The second kappa shape index (κ2) is 5.83. The largest absolute Gasteiger partial charge is 0.341 e. The molecule has 0 heterocycles. The van der Waals surface area contributed by atoms with Gasteiger partial charge in [0.05, 0.1) is 14.4 Å². The van der Waals surface area contributed by atoms with Gasteiger partial charge in [-0.3, -0.25) is 4.79 Å². The third-order valence-corrected chi connectivity index (χ3v) is 6.07. The first-order chi connectivity index (χ1) is 9.20. The maximum absolute atomic E-state index is 12.3. The number of carbonyl (C=O) groups excluding carboxylic acids is 1. The molecular formula is C12H12BrCl2NO3S. The number of carbonyl (C=O) groups is 1. The van der Waals surface area contributed by atoms with E-state index in [4.69, 9.17) is 22.3 Å². The molecule has 4 nitrogen and oxygen atoms in total. The second-order valence-corrected chi connectivity index (χ2v) is 8.57. The average molecular weight is 401 g/mol. The van der Waals surface area contributed by atoms with E-state index in [1.165, 1.54) is 12.1 Å². The van der Waals surface area contributed by atoms with Gasteiger partial charge >= 0.3 is 0 Å². The predicted molar refractivity (Wildman–Crippen MR) is 81.9 cm³/mol. The second-order valence-electron chi connectivity index (χ2n) is 4.84. The highest BCUT2D eigenvalue weighted by Crippen LogP contribution is 2.34. The fourth-order valence-corrected chi connectivity index (χ4v) is 4.24. The molecule has 0 radical (unpaired) electrons. The molecule has 20 heavy (non-hydrogen) atoms. The Morgan fingerprint density at radius 3 is 2.55 bits per heavy atom. The molecule has 110 valence electrons. The third-order valence-electron chi connectivity index (χ3n) is 3.08. The number of halogens is 3. The van der Waals surface area contributed by atoms with Crippen LogP contribution in [0.5, 0.6) is 0 Å². The lowest BCUT2D eigenvalue weighted by Gasteiger charge is -2.17. The Labute approximate surface area is 135 Å². The summed E-state index contributed by atoms with van der Waals surface area (Å²) in [5.74, 6) is 0.277. The molecule has 0 aliphatic heterocycles. The van der Waals surface area contributed by atoms with E-state index in [0.717, 1.165) is 12.8 Å². The number of rotatable bonds is 4. The van der Waals surface area contributed by atoms with Crippen LogP contribution >= 0.6 is 38.2 Å². The summed E-state index contributed by atoms with van der Waals surface area (Å²) in [6.07, 6.45) is 2.25. The topological polar surface area (TPSA) is 54.5 Å². The van der Waals surface area contributed by atoms with Gasteiger partial charge in [-0.05, 0) is 46.8 Å². The van der Waals surface area contributed by atoms with Crippen molar-refractivity contribution in [2.75, 3.05) is 13.6 Å². The number of amides is 1. The molecule has 1 amide bonds. The van der Waals surface area contributed by atoms with Crippen LogP contribution in [0.1, 0.15) is 23.2 Å². The standard InChI is InChI=1S/C12H12BrCl2NO3S/c1-16(6-7-2-3-7)12(17)8-4-9(14)11(13)10(5-8)20(15,18)19/h4-5,7H,2-3,6H2,1H3. The first kappa shape index (κ1) is 16.1. The van der Waals surface area contributed by atoms with Gasteiger partial charge in [0.1, 0.15) is 0 Å². The number of hydrogen-bond acceptors (Lipinski definition) is 3. The van der Waals surface area contributed by atoms with E-state index in [-0.39, 0.29) is 25.9 Å². The van der Waals surface area contributed by atoms with Crippen LogP contribution in [-0.4, -0.2) is 32.8 Å². The lowest BCUT2D eigenvalue weighted by molar-refractivity contribution is 0.0788. The summed E-state index contributed by atoms with van der Waals surface area (Å²) < 4.78 is 23.1. The third kappa shape index (κ3) is 3.67. The lowest BCUT2D eigenvalue weighted by Crippen LogP contribution is -2.28. The van der Waals surface area contributed by atoms with E-state index in [2.05, 4.69) is 15.9 Å². The first-order valence-corrected chi connectivity index (χ1v) is 9.37. The summed E-state index contributed by atoms with van der Waals surface area (Å²) in [5.41, 5.74) is 0.209. The fourth-order valence-electron chi connectivity index (χ4n) is 1.86. The van der Waals surface area contributed by atoms with Crippen LogP contribution in [0.4, 0.5) is 0 Å². The lowest BCUT2D eigenvalue weighted by atomic mass is 10.2. The van der Waals surface area contributed by atoms with Crippen molar-refractivity contribution in [2.24, 2.45) is 5.92 Å². The number of nitrogens with zero attached hydrogens (tertiary/aromatic N) is 1. The Bertz CT molecular complexity index is 659. The van der Waals surface area contributed by atoms with Crippen molar-refractivity contribution in [2.45, 2.75) is 17.7 Å². The van der Waals surface area contributed by atoms with Crippen molar-refractivity contribution >= 4 is 53.2 Å². The highest BCUT2D eigenvalue weighted by molar-refractivity contribution is 9.10. The van der Waals surface area contributed by atoms with Gasteiger partial charge in [-0.15, -0.1) is 0 Å². The molecule has 1 saturated carbocycles. The minimum absolute atomic E-state index is 0.134. The molecule has 1 aliphatic rings. The van der Waals surface area contributed by atoms with Gasteiger partial charge in [0.25, 0.3) is 15.0 Å². The normalized spacial score (nSPS) is 15.2. The highest BCUT2D eigenvalue weighted by Gasteiger charge is 2.27. The number of benzene rings is 1. The van der Waals surface area contributed by atoms with Crippen molar-refractivity contribution in [3.05, 3.63) is 27.2 Å². The Morgan fingerprint density at radius 1 is 1.45 bits per heavy atom. The molecule has 1 aromatic rings. The minimum atomic E-state index is -3.98. The van der Waals surface area contributed by atoms with Crippen LogP contribution in [0.15, 0.2) is 21.5 Å². The van der Waals surface area contributed by atoms with Gasteiger partial charge < -0.3 is 4.90 Å². The average Bonchev–Trinajstić information content (AvgIpc) is 3.13. The quantitative estimate of drug-likeness (QED) is 0.726. The molecule has 2 rings (SSSR count). The van der Waals surface area contributed by atoms with Gasteiger partial charge in [-0.25, -0.2) is 8.42 Å². The molecule has 0 N–H and O–H groups in total. The van der Waals surface area contributed by atoms with E-state index < -0.39 is 9.05 Å². The smallest absolute Gasteiger partial charge is 0.262 e. The molecule has 1 aliphatic carbocycles. The van der Waals surface area contributed by atoms with Crippen LogP contribution in [-0.2, 0) is 9.05 Å². The maximum Gasteiger partial charge on any atom is 0.262 e. The van der Waals surface area contributed by atoms with Crippen molar-refractivity contribution in [1.82, 2.24) is 4.90 Å². The SMILES string of the molecule is CN(CC1CC1)C(=O)c1cc(Cl)c(Br)c(S(=O)(=O)Cl)c1. The predicted octanol–water partition coefficient (Wildman–Crippen LogP) is 3.51. The Hall–Kier alpha value is -0.300. The van der Waals surface area contributed by atoms with E-state index in [9.17, 15) is 13.2 Å². The van der Waals surface area contributed by atoms with Gasteiger partial charge in [0, 0.05) is 29.8 Å². The highest BCUT2D eigenvalue weighted by atomic mass is 79.9. The molecule has 0 unspecified atom stereocenters. The van der Waals surface area contributed by atoms with Gasteiger partial charge in [-0.1, -0.05) is 11.6 Å². The van der Waals surface area contributed by atoms with Crippen LogP contribution in [0.3, 0.4) is 0 Å². The monoisotopic (exact) mass is 399 g/mol. The van der Waals surface area contributed by atoms with Gasteiger partial charge in [0.15, 0.2) is 0 Å². The summed E-state index contributed by atoms with van der Waals surface area (Å²) in [4.78, 5) is 13.6. The molecule has 0 spiro atoms.